The Morgan fingerprint density at radius 1 is 1.15 bits per heavy atom. The lowest BCUT2D eigenvalue weighted by atomic mass is 10.2. The molecule has 0 aromatic heterocycles. The SMILES string of the molecule is Cc1ccc(OS(C)(=O)=O)cc1.S. The van der Waals surface area contributed by atoms with Gasteiger partial charge < -0.3 is 4.18 Å². The third-order valence-corrected chi connectivity index (χ3v) is 1.76. The molecule has 0 saturated heterocycles. The van der Waals surface area contributed by atoms with Gasteiger partial charge in [-0.1, -0.05) is 17.7 Å². The zero-order chi connectivity index (χ0) is 9.19. The molecule has 1 rings (SSSR count). The number of hydrogen-bond donors (Lipinski definition) is 0. The van der Waals surface area contributed by atoms with Gasteiger partial charge in [-0.15, -0.1) is 0 Å². The molecule has 0 aliphatic carbocycles. The minimum atomic E-state index is -3.39. The summed E-state index contributed by atoms with van der Waals surface area (Å²) >= 11 is 0. The molecule has 0 atom stereocenters. The second kappa shape index (κ2) is 4.53. The molecule has 0 radical (unpaired) electrons. The summed E-state index contributed by atoms with van der Waals surface area (Å²) in [6.45, 7) is 1.92. The van der Waals surface area contributed by atoms with Crippen LogP contribution >= 0.6 is 13.5 Å². The second-order valence-electron chi connectivity index (χ2n) is 2.60. The molecule has 0 heterocycles. The number of hydrogen-bond acceptors (Lipinski definition) is 3. The largest absolute Gasteiger partial charge is 0.383 e. The Hall–Kier alpha value is -0.680. The van der Waals surface area contributed by atoms with Crippen LogP contribution in [0.1, 0.15) is 5.56 Å². The molecule has 13 heavy (non-hydrogen) atoms. The molecule has 74 valence electrons. The Morgan fingerprint density at radius 2 is 1.62 bits per heavy atom. The predicted octanol–water partition coefficient (Wildman–Crippen LogP) is 1.45. The highest BCUT2D eigenvalue weighted by molar-refractivity contribution is 7.86. The van der Waals surface area contributed by atoms with Gasteiger partial charge in [0.15, 0.2) is 0 Å². The van der Waals surface area contributed by atoms with Crippen molar-refractivity contribution in [2.45, 2.75) is 6.92 Å². The lowest BCUT2D eigenvalue weighted by Crippen LogP contribution is -2.05. The van der Waals surface area contributed by atoms with Crippen molar-refractivity contribution in [3.05, 3.63) is 29.8 Å². The second-order valence-corrected chi connectivity index (χ2v) is 4.18. The molecule has 1 aromatic carbocycles. The molecule has 0 aliphatic heterocycles. The van der Waals surface area contributed by atoms with E-state index in [0.29, 0.717) is 5.75 Å². The zero-order valence-corrected chi connectivity index (χ0v) is 9.26. The van der Waals surface area contributed by atoms with Gasteiger partial charge in [0.05, 0.1) is 6.26 Å². The maximum atomic E-state index is 10.7. The van der Waals surface area contributed by atoms with Crippen LogP contribution in [0, 0.1) is 6.92 Å². The Morgan fingerprint density at radius 3 is 2.00 bits per heavy atom. The zero-order valence-electron chi connectivity index (χ0n) is 7.44. The van der Waals surface area contributed by atoms with E-state index in [2.05, 4.69) is 4.18 Å². The fourth-order valence-corrected chi connectivity index (χ4v) is 1.23. The highest BCUT2D eigenvalue weighted by atomic mass is 32.2. The summed E-state index contributed by atoms with van der Waals surface area (Å²) in [6.07, 6.45) is 1.02. The van der Waals surface area contributed by atoms with Gasteiger partial charge in [0.2, 0.25) is 0 Å². The summed E-state index contributed by atoms with van der Waals surface area (Å²) in [4.78, 5) is 0. The molecule has 0 spiro atoms. The maximum absolute atomic E-state index is 10.7. The van der Waals surface area contributed by atoms with Crippen molar-refractivity contribution in [3.63, 3.8) is 0 Å². The van der Waals surface area contributed by atoms with E-state index in [9.17, 15) is 8.42 Å². The average Bonchev–Trinajstić information content (AvgIpc) is 1.91. The van der Waals surface area contributed by atoms with Crippen LogP contribution in [-0.2, 0) is 10.1 Å². The monoisotopic (exact) mass is 220 g/mol. The molecule has 0 amide bonds. The van der Waals surface area contributed by atoms with Gasteiger partial charge in [-0.05, 0) is 19.1 Å². The van der Waals surface area contributed by atoms with Crippen LogP contribution in [0.5, 0.6) is 5.75 Å². The number of rotatable bonds is 2. The number of benzene rings is 1. The van der Waals surface area contributed by atoms with E-state index >= 15 is 0 Å². The average molecular weight is 220 g/mol. The molecule has 0 saturated carbocycles. The van der Waals surface area contributed by atoms with Crippen LogP contribution in [0.4, 0.5) is 0 Å². The van der Waals surface area contributed by atoms with Gasteiger partial charge in [0, 0.05) is 0 Å². The molecule has 0 aliphatic rings. The standard InChI is InChI=1S/C8H10O3S.H2S/c1-7-3-5-8(6-4-7)11-12(2,9)10;/h3-6H,1-2H3;1H2. The van der Waals surface area contributed by atoms with E-state index in [1.54, 1.807) is 24.3 Å². The van der Waals surface area contributed by atoms with E-state index in [0.717, 1.165) is 11.8 Å². The Labute approximate surface area is 85.3 Å². The molecular formula is C8H12O3S2. The Balaban J connectivity index is 0.00000144. The summed E-state index contributed by atoms with van der Waals surface area (Å²) in [6, 6.07) is 6.83. The number of aryl methyl sites for hydroxylation is 1. The van der Waals surface area contributed by atoms with Crippen LogP contribution in [0.2, 0.25) is 0 Å². The summed E-state index contributed by atoms with van der Waals surface area (Å²) in [7, 11) is -3.39. The molecule has 0 bridgehead atoms. The van der Waals surface area contributed by atoms with Crippen LogP contribution < -0.4 is 4.18 Å². The first-order chi connectivity index (χ1) is 5.47. The summed E-state index contributed by atoms with van der Waals surface area (Å²) in [5, 5.41) is 0. The summed E-state index contributed by atoms with van der Waals surface area (Å²) < 4.78 is 26.0. The molecule has 0 N–H and O–H groups in total. The smallest absolute Gasteiger partial charge is 0.306 e. The molecular weight excluding hydrogens is 208 g/mol. The minimum Gasteiger partial charge on any atom is -0.383 e. The van der Waals surface area contributed by atoms with Crippen LogP contribution in [0.15, 0.2) is 24.3 Å². The van der Waals surface area contributed by atoms with E-state index in [-0.39, 0.29) is 13.5 Å². The maximum Gasteiger partial charge on any atom is 0.306 e. The highest BCUT2D eigenvalue weighted by Gasteiger charge is 2.02. The van der Waals surface area contributed by atoms with E-state index in [4.69, 9.17) is 0 Å². The van der Waals surface area contributed by atoms with Gasteiger partial charge in [-0.2, -0.15) is 21.9 Å². The quantitative estimate of drug-likeness (QED) is 0.708. The molecule has 1 aromatic rings. The van der Waals surface area contributed by atoms with Gasteiger partial charge in [-0.3, -0.25) is 0 Å². The predicted molar refractivity (Wildman–Crippen MR) is 57.0 cm³/mol. The van der Waals surface area contributed by atoms with Crippen molar-refractivity contribution < 1.29 is 12.6 Å². The highest BCUT2D eigenvalue weighted by Crippen LogP contribution is 2.12. The van der Waals surface area contributed by atoms with E-state index < -0.39 is 10.1 Å². The van der Waals surface area contributed by atoms with Crippen molar-refractivity contribution in [2.75, 3.05) is 6.26 Å². The van der Waals surface area contributed by atoms with Crippen molar-refractivity contribution in [1.82, 2.24) is 0 Å². The van der Waals surface area contributed by atoms with Crippen LogP contribution in [-0.4, -0.2) is 14.7 Å². The van der Waals surface area contributed by atoms with Gasteiger partial charge >= 0.3 is 10.1 Å². The normalized spacial score (nSPS) is 10.3. The third-order valence-electron chi connectivity index (χ3n) is 1.27. The van der Waals surface area contributed by atoms with Crippen molar-refractivity contribution in [1.29, 1.82) is 0 Å². The fraction of sp³-hybridized carbons (Fsp3) is 0.250. The summed E-state index contributed by atoms with van der Waals surface area (Å²) in [5.74, 6) is 0.350. The van der Waals surface area contributed by atoms with E-state index in [1.807, 2.05) is 6.92 Å². The van der Waals surface area contributed by atoms with Crippen molar-refractivity contribution >= 4 is 23.6 Å². The Bertz CT molecular complexity index is 353. The third kappa shape index (κ3) is 4.80. The van der Waals surface area contributed by atoms with Crippen molar-refractivity contribution in [3.8, 4) is 5.75 Å². The van der Waals surface area contributed by atoms with Crippen molar-refractivity contribution in [2.24, 2.45) is 0 Å². The van der Waals surface area contributed by atoms with Gasteiger partial charge in [0.1, 0.15) is 5.75 Å². The first-order valence-electron chi connectivity index (χ1n) is 3.43. The topological polar surface area (TPSA) is 43.4 Å². The summed E-state index contributed by atoms with van der Waals surface area (Å²) in [5.41, 5.74) is 1.07. The fourth-order valence-electron chi connectivity index (χ4n) is 0.769. The first kappa shape index (κ1) is 12.3. The first-order valence-corrected chi connectivity index (χ1v) is 5.25. The van der Waals surface area contributed by atoms with Crippen LogP contribution in [0.25, 0.3) is 0 Å². The molecule has 5 heteroatoms. The molecule has 0 unspecified atom stereocenters. The van der Waals surface area contributed by atoms with Gasteiger partial charge in [-0.25, -0.2) is 0 Å². The van der Waals surface area contributed by atoms with Crippen LogP contribution in [0.3, 0.4) is 0 Å². The molecule has 0 fully saturated rings. The van der Waals surface area contributed by atoms with Gasteiger partial charge in [0.25, 0.3) is 0 Å². The van der Waals surface area contributed by atoms with E-state index in [1.165, 1.54) is 0 Å². The lowest BCUT2D eigenvalue weighted by Gasteiger charge is -2.01. The minimum absolute atomic E-state index is 0. The molecule has 3 nitrogen and oxygen atoms in total. The Kier molecular flexibility index (Phi) is 4.29. The lowest BCUT2D eigenvalue weighted by molar-refractivity contribution is 0.493.